The summed E-state index contributed by atoms with van der Waals surface area (Å²) >= 11 is 0. The Balaban J connectivity index is 2.27. The SMILES string of the molecule is CCOC(=O)c1c(C)[nH]c2c1c1[nH]c(C)c(C(=O)OCC)c1c1[nH]c(C)c(C(=O)OCC)c21. The Morgan fingerprint density at radius 3 is 1.00 bits per heavy atom. The molecule has 0 saturated heterocycles. The van der Waals surface area contributed by atoms with Crippen LogP contribution < -0.4 is 0 Å². The fourth-order valence-corrected chi connectivity index (χ4v) is 4.56. The number of fused-ring (bicyclic) bond motifs is 6. The van der Waals surface area contributed by atoms with Gasteiger partial charge in [0.25, 0.3) is 0 Å². The zero-order valence-electron chi connectivity index (χ0n) is 19.6. The first-order valence-electron chi connectivity index (χ1n) is 11.0. The third kappa shape index (κ3) is 3.26. The Morgan fingerprint density at radius 2 is 0.788 bits per heavy atom. The van der Waals surface area contributed by atoms with E-state index < -0.39 is 17.9 Å². The number of nitrogens with one attached hydrogen (secondary N) is 3. The molecule has 0 radical (unpaired) electrons. The van der Waals surface area contributed by atoms with Crippen LogP contribution in [0.1, 0.15) is 68.9 Å². The van der Waals surface area contributed by atoms with Gasteiger partial charge in [-0.15, -0.1) is 0 Å². The lowest BCUT2D eigenvalue weighted by molar-refractivity contribution is 0.0518. The molecule has 3 N–H and O–H groups in total. The van der Waals surface area contributed by atoms with Crippen LogP contribution in [0, 0.1) is 20.8 Å². The molecule has 3 heterocycles. The van der Waals surface area contributed by atoms with Gasteiger partial charge in [-0.1, -0.05) is 0 Å². The first kappa shape index (κ1) is 22.4. The topological polar surface area (TPSA) is 126 Å². The maximum Gasteiger partial charge on any atom is 0.340 e. The average molecular weight is 453 g/mol. The van der Waals surface area contributed by atoms with Crippen LogP contribution in [-0.4, -0.2) is 52.7 Å². The average Bonchev–Trinajstić information content (AvgIpc) is 3.38. The van der Waals surface area contributed by atoms with Crippen molar-refractivity contribution in [1.82, 2.24) is 15.0 Å². The van der Waals surface area contributed by atoms with Crippen LogP contribution in [0.2, 0.25) is 0 Å². The minimum absolute atomic E-state index is 0.214. The maximum absolute atomic E-state index is 12.9. The van der Waals surface area contributed by atoms with Crippen molar-refractivity contribution in [3.8, 4) is 0 Å². The molecule has 0 atom stereocenters. The number of hydrogen-bond acceptors (Lipinski definition) is 6. The largest absolute Gasteiger partial charge is 0.462 e. The van der Waals surface area contributed by atoms with Crippen LogP contribution in [0.15, 0.2) is 0 Å². The van der Waals surface area contributed by atoms with Crippen LogP contribution >= 0.6 is 0 Å². The van der Waals surface area contributed by atoms with E-state index in [1.807, 2.05) is 0 Å². The molecule has 33 heavy (non-hydrogen) atoms. The Bertz CT molecular complexity index is 1230. The van der Waals surface area contributed by atoms with Gasteiger partial charge in [-0.2, -0.15) is 0 Å². The highest BCUT2D eigenvalue weighted by molar-refractivity contribution is 6.33. The number of carbonyl (C=O) groups is 3. The number of benzene rings is 1. The van der Waals surface area contributed by atoms with E-state index in [9.17, 15) is 14.4 Å². The highest BCUT2D eigenvalue weighted by Gasteiger charge is 2.31. The minimum atomic E-state index is -0.489. The number of rotatable bonds is 6. The Morgan fingerprint density at radius 1 is 0.545 bits per heavy atom. The van der Waals surface area contributed by atoms with Crippen LogP contribution in [0.3, 0.4) is 0 Å². The lowest BCUT2D eigenvalue weighted by atomic mass is 10.00. The highest BCUT2D eigenvalue weighted by Crippen LogP contribution is 2.42. The van der Waals surface area contributed by atoms with Gasteiger partial charge in [0.15, 0.2) is 0 Å². The highest BCUT2D eigenvalue weighted by atomic mass is 16.5. The maximum atomic E-state index is 12.9. The molecule has 4 rings (SSSR count). The Kier molecular flexibility index (Phi) is 5.65. The molecule has 0 bridgehead atoms. The molecular weight excluding hydrogens is 426 g/mol. The van der Waals surface area contributed by atoms with Gasteiger partial charge in [0.1, 0.15) is 0 Å². The fraction of sp³-hybridized carbons (Fsp3) is 0.375. The van der Waals surface area contributed by atoms with E-state index in [1.165, 1.54) is 0 Å². The summed E-state index contributed by atoms with van der Waals surface area (Å²) in [5, 5.41) is 1.66. The number of ether oxygens (including phenoxy) is 3. The molecule has 0 aliphatic heterocycles. The molecule has 0 spiro atoms. The summed E-state index contributed by atoms with van der Waals surface area (Å²) < 4.78 is 16.0. The second kappa shape index (κ2) is 8.31. The van der Waals surface area contributed by atoms with Gasteiger partial charge in [0.05, 0.1) is 53.1 Å². The molecule has 1 aromatic carbocycles. The summed E-state index contributed by atoms with van der Waals surface area (Å²) in [5.41, 5.74) is 4.59. The minimum Gasteiger partial charge on any atom is -0.462 e. The first-order chi connectivity index (χ1) is 15.8. The number of H-pyrrole nitrogens is 3. The number of esters is 3. The number of aromatic amines is 3. The molecule has 0 aliphatic carbocycles. The number of aromatic nitrogens is 3. The zero-order chi connectivity index (χ0) is 24.0. The van der Waals surface area contributed by atoms with Gasteiger partial charge < -0.3 is 29.2 Å². The molecule has 0 saturated carbocycles. The summed E-state index contributed by atoms with van der Waals surface area (Å²) in [6.45, 7) is 11.2. The molecule has 3 aromatic heterocycles. The quantitative estimate of drug-likeness (QED) is 0.290. The Labute approximate surface area is 189 Å². The zero-order valence-corrected chi connectivity index (χ0v) is 19.6. The standard InChI is InChI=1S/C24H27N3O6/c1-7-31-22(28)13-10(4)25-19-16(13)20-18(14(11(5)26-20)23(29)32-8-2)21-17(19)15(12(6)27-21)24(30)33-9-3/h25-27H,7-9H2,1-6H3. The van der Waals surface area contributed by atoms with E-state index in [2.05, 4.69) is 15.0 Å². The lowest BCUT2D eigenvalue weighted by Crippen LogP contribution is -2.07. The molecule has 0 aliphatic rings. The third-order valence-electron chi connectivity index (χ3n) is 5.75. The van der Waals surface area contributed by atoms with Crippen molar-refractivity contribution in [2.75, 3.05) is 19.8 Å². The van der Waals surface area contributed by atoms with Crippen molar-refractivity contribution < 1.29 is 28.6 Å². The normalized spacial score (nSPS) is 11.5. The van der Waals surface area contributed by atoms with Crippen molar-refractivity contribution in [2.24, 2.45) is 0 Å². The van der Waals surface area contributed by atoms with Crippen molar-refractivity contribution >= 4 is 50.6 Å². The molecule has 4 aromatic rings. The van der Waals surface area contributed by atoms with Crippen molar-refractivity contribution in [2.45, 2.75) is 41.5 Å². The lowest BCUT2D eigenvalue weighted by Gasteiger charge is -2.06. The van der Waals surface area contributed by atoms with Crippen LogP contribution in [0.25, 0.3) is 32.7 Å². The molecule has 9 heteroatoms. The summed E-state index contributed by atoms with van der Waals surface area (Å²) in [5.74, 6) is -1.47. The molecule has 0 unspecified atom stereocenters. The van der Waals surface area contributed by atoms with E-state index in [1.54, 1.807) is 41.5 Å². The van der Waals surface area contributed by atoms with Gasteiger partial charge in [-0.25, -0.2) is 14.4 Å². The van der Waals surface area contributed by atoms with Crippen molar-refractivity contribution in [3.05, 3.63) is 33.8 Å². The van der Waals surface area contributed by atoms with Crippen molar-refractivity contribution in [3.63, 3.8) is 0 Å². The summed E-state index contributed by atoms with van der Waals surface area (Å²) in [4.78, 5) is 48.6. The number of carbonyl (C=O) groups excluding carboxylic acids is 3. The molecule has 174 valence electrons. The molecule has 9 nitrogen and oxygen atoms in total. The van der Waals surface area contributed by atoms with Gasteiger partial charge in [0.2, 0.25) is 0 Å². The van der Waals surface area contributed by atoms with E-state index in [4.69, 9.17) is 14.2 Å². The van der Waals surface area contributed by atoms with Gasteiger partial charge >= 0.3 is 17.9 Å². The van der Waals surface area contributed by atoms with Crippen LogP contribution in [-0.2, 0) is 14.2 Å². The number of hydrogen-bond donors (Lipinski definition) is 3. The summed E-state index contributed by atoms with van der Waals surface area (Å²) in [7, 11) is 0. The molecule has 0 fully saturated rings. The van der Waals surface area contributed by atoms with E-state index in [0.717, 1.165) is 0 Å². The fourth-order valence-electron chi connectivity index (χ4n) is 4.56. The smallest absolute Gasteiger partial charge is 0.340 e. The van der Waals surface area contributed by atoms with E-state index in [0.29, 0.717) is 66.5 Å². The second-order valence-corrected chi connectivity index (χ2v) is 7.79. The first-order valence-corrected chi connectivity index (χ1v) is 11.0. The van der Waals surface area contributed by atoms with E-state index in [-0.39, 0.29) is 19.8 Å². The van der Waals surface area contributed by atoms with Crippen LogP contribution in [0.4, 0.5) is 0 Å². The van der Waals surface area contributed by atoms with Crippen LogP contribution in [0.5, 0.6) is 0 Å². The summed E-state index contributed by atoms with van der Waals surface area (Å²) in [6, 6.07) is 0. The van der Waals surface area contributed by atoms with E-state index >= 15 is 0 Å². The Hall–Kier alpha value is -3.75. The third-order valence-corrected chi connectivity index (χ3v) is 5.75. The second-order valence-electron chi connectivity index (χ2n) is 7.79. The predicted octanol–water partition coefficient (Wildman–Crippen LogP) is 4.59. The monoisotopic (exact) mass is 453 g/mol. The molecule has 0 amide bonds. The van der Waals surface area contributed by atoms with Crippen molar-refractivity contribution in [1.29, 1.82) is 0 Å². The predicted molar refractivity (Wildman–Crippen MR) is 124 cm³/mol. The summed E-state index contributed by atoms with van der Waals surface area (Å²) in [6.07, 6.45) is 0. The number of aryl methyl sites for hydroxylation is 3. The van der Waals surface area contributed by atoms with Gasteiger partial charge in [-0.3, -0.25) is 0 Å². The van der Waals surface area contributed by atoms with Gasteiger partial charge in [0, 0.05) is 33.2 Å². The van der Waals surface area contributed by atoms with Gasteiger partial charge in [-0.05, 0) is 41.5 Å². The molecular formula is C24H27N3O6.